The fourth-order valence-corrected chi connectivity index (χ4v) is 1.77. The van der Waals surface area contributed by atoms with Crippen LogP contribution in [0.25, 0.3) is 0 Å². The zero-order valence-corrected chi connectivity index (χ0v) is 10.3. The van der Waals surface area contributed by atoms with Gasteiger partial charge in [-0.1, -0.05) is 0 Å². The first-order chi connectivity index (χ1) is 8.54. The molecule has 1 rings (SSSR count). The molecule has 1 heterocycles. The van der Waals surface area contributed by atoms with Gasteiger partial charge in [0.2, 0.25) is 11.8 Å². The molecule has 0 saturated carbocycles. The van der Waals surface area contributed by atoms with E-state index in [0.717, 1.165) is 0 Å². The summed E-state index contributed by atoms with van der Waals surface area (Å²) in [4.78, 5) is 33.6. The number of nitrogens with one attached hydrogen (secondary N) is 2. The van der Waals surface area contributed by atoms with Gasteiger partial charge in [0.1, 0.15) is 12.1 Å². The quantitative estimate of drug-likeness (QED) is 0.522. The fourth-order valence-electron chi connectivity index (χ4n) is 1.77. The van der Waals surface area contributed by atoms with E-state index < -0.39 is 24.0 Å². The molecule has 3 N–H and O–H groups in total. The number of hydrogen-bond donors (Lipinski definition) is 3. The Morgan fingerprint density at radius 3 is 2.83 bits per heavy atom. The third-order valence-electron chi connectivity index (χ3n) is 2.77. The van der Waals surface area contributed by atoms with Crippen molar-refractivity contribution in [2.45, 2.75) is 37.8 Å². The van der Waals surface area contributed by atoms with E-state index in [0.29, 0.717) is 32.3 Å². The molecule has 0 aromatic carbocycles. The molecule has 1 aliphatic rings. The number of carbonyl (C=O) groups excluding carboxylic acids is 2. The molecule has 102 valence electrons. The Balaban J connectivity index is 2.42. The van der Waals surface area contributed by atoms with Crippen LogP contribution < -0.4 is 10.6 Å². The number of aliphatic carboxylic acids is 1. The van der Waals surface area contributed by atoms with Crippen LogP contribution in [0.4, 0.5) is 0 Å². The maximum Gasteiger partial charge on any atom is 0.326 e. The Kier molecular flexibility index (Phi) is 5.57. The van der Waals surface area contributed by atoms with Crippen LogP contribution in [0.1, 0.15) is 25.7 Å². The van der Waals surface area contributed by atoms with Crippen molar-refractivity contribution in [3.63, 3.8) is 0 Å². The number of methoxy groups -OCH3 is 1. The number of carboxylic acid groups (broad SMARTS) is 1. The van der Waals surface area contributed by atoms with E-state index in [1.807, 2.05) is 0 Å². The monoisotopic (exact) mass is 258 g/mol. The van der Waals surface area contributed by atoms with Gasteiger partial charge in [-0.3, -0.25) is 9.59 Å². The molecule has 0 spiro atoms. The van der Waals surface area contributed by atoms with Crippen molar-refractivity contribution in [2.24, 2.45) is 0 Å². The Morgan fingerprint density at radius 1 is 1.61 bits per heavy atom. The third-order valence-corrected chi connectivity index (χ3v) is 2.77. The molecule has 0 radical (unpaired) electrons. The standard InChI is InChI=1S/C11H18N2O5/c1-18-6-2-3-8(11(16)17)13-10(15)7-4-5-9(14)12-7/h7-8H,2-6H2,1H3,(H,12,14)(H,13,15)(H,16,17). The molecule has 0 aliphatic carbocycles. The van der Waals surface area contributed by atoms with Crippen LogP contribution in [0, 0.1) is 0 Å². The third kappa shape index (κ3) is 4.33. The lowest BCUT2D eigenvalue weighted by Crippen LogP contribution is -2.48. The Bertz CT molecular complexity index is 331. The lowest BCUT2D eigenvalue weighted by molar-refractivity contribution is -0.142. The molecule has 2 atom stereocenters. The van der Waals surface area contributed by atoms with Gasteiger partial charge in [0.25, 0.3) is 0 Å². The molecule has 7 heteroatoms. The molecule has 1 aliphatic heterocycles. The topological polar surface area (TPSA) is 105 Å². The van der Waals surface area contributed by atoms with E-state index in [2.05, 4.69) is 10.6 Å². The van der Waals surface area contributed by atoms with Gasteiger partial charge in [-0.15, -0.1) is 0 Å². The molecule has 0 aromatic rings. The van der Waals surface area contributed by atoms with E-state index >= 15 is 0 Å². The highest BCUT2D eigenvalue weighted by molar-refractivity contribution is 5.92. The Morgan fingerprint density at radius 2 is 2.33 bits per heavy atom. The molecule has 2 amide bonds. The predicted octanol–water partition coefficient (Wildman–Crippen LogP) is -0.739. The average Bonchev–Trinajstić information content (AvgIpc) is 2.74. The molecule has 0 bridgehead atoms. The molecular formula is C11H18N2O5. The van der Waals surface area contributed by atoms with Crippen molar-refractivity contribution < 1.29 is 24.2 Å². The van der Waals surface area contributed by atoms with Crippen LogP contribution in [0.2, 0.25) is 0 Å². The van der Waals surface area contributed by atoms with Gasteiger partial charge < -0.3 is 20.5 Å². The van der Waals surface area contributed by atoms with E-state index in [1.54, 1.807) is 0 Å². The molecule has 7 nitrogen and oxygen atoms in total. The van der Waals surface area contributed by atoms with Crippen LogP contribution in [-0.2, 0) is 19.1 Å². The van der Waals surface area contributed by atoms with Crippen molar-refractivity contribution in [3.8, 4) is 0 Å². The Hall–Kier alpha value is -1.63. The summed E-state index contributed by atoms with van der Waals surface area (Å²) in [5.41, 5.74) is 0. The molecular weight excluding hydrogens is 240 g/mol. The number of amides is 2. The smallest absolute Gasteiger partial charge is 0.326 e. The molecule has 1 saturated heterocycles. The molecule has 2 unspecified atom stereocenters. The van der Waals surface area contributed by atoms with E-state index in [9.17, 15) is 14.4 Å². The zero-order chi connectivity index (χ0) is 13.5. The highest BCUT2D eigenvalue weighted by Gasteiger charge is 2.30. The van der Waals surface area contributed by atoms with Gasteiger partial charge in [0.15, 0.2) is 0 Å². The lowest BCUT2D eigenvalue weighted by Gasteiger charge is -2.17. The maximum atomic E-state index is 11.7. The summed E-state index contributed by atoms with van der Waals surface area (Å²) in [5.74, 6) is -1.70. The second kappa shape index (κ2) is 6.95. The number of hydrogen-bond acceptors (Lipinski definition) is 4. The summed E-state index contributed by atoms with van der Waals surface area (Å²) in [6.07, 6.45) is 1.56. The fraction of sp³-hybridized carbons (Fsp3) is 0.727. The highest BCUT2D eigenvalue weighted by atomic mass is 16.5. The first kappa shape index (κ1) is 14.4. The first-order valence-corrected chi connectivity index (χ1v) is 5.86. The predicted molar refractivity (Wildman–Crippen MR) is 61.8 cm³/mol. The number of carboxylic acids is 1. The van der Waals surface area contributed by atoms with Crippen molar-refractivity contribution in [1.82, 2.24) is 10.6 Å². The van der Waals surface area contributed by atoms with E-state index in [4.69, 9.17) is 9.84 Å². The summed E-state index contributed by atoms with van der Waals surface area (Å²) in [5, 5.41) is 13.9. The SMILES string of the molecule is COCCCC(NC(=O)C1CCC(=O)N1)C(=O)O. The summed E-state index contributed by atoms with van der Waals surface area (Å²) in [7, 11) is 1.53. The highest BCUT2D eigenvalue weighted by Crippen LogP contribution is 2.07. The Labute approximate surface area is 105 Å². The van der Waals surface area contributed by atoms with Crippen molar-refractivity contribution in [1.29, 1.82) is 0 Å². The second-order valence-electron chi connectivity index (χ2n) is 4.19. The lowest BCUT2D eigenvalue weighted by atomic mass is 10.1. The van der Waals surface area contributed by atoms with Gasteiger partial charge in [-0.2, -0.15) is 0 Å². The van der Waals surface area contributed by atoms with Crippen molar-refractivity contribution in [3.05, 3.63) is 0 Å². The summed E-state index contributed by atoms with van der Waals surface area (Å²) in [6.45, 7) is 0.444. The minimum absolute atomic E-state index is 0.179. The van der Waals surface area contributed by atoms with Crippen molar-refractivity contribution >= 4 is 17.8 Å². The molecule has 18 heavy (non-hydrogen) atoms. The minimum atomic E-state index is -1.08. The summed E-state index contributed by atoms with van der Waals surface area (Å²) < 4.78 is 4.83. The number of ether oxygens (including phenoxy) is 1. The van der Waals surface area contributed by atoms with Gasteiger partial charge in [-0.05, 0) is 19.3 Å². The summed E-state index contributed by atoms with van der Waals surface area (Å²) in [6, 6.07) is -1.55. The van der Waals surface area contributed by atoms with E-state index in [-0.39, 0.29) is 5.91 Å². The molecule has 1 fully saturated rings. The number of carbonyl (C=O) groups is 3. The number of rotatable bonds is 7. The normalized spacial score (nSPS) is 20.3. The van der Waals surface area contributed by atoms with Crippen LogP contribution in [0.5, 0.6) is 0 Å². The minimum Gasteiger partial charge on any atom is -0.480 e. The van der Waals surface area contributed by atoms with Gasteiger partial charge in [-0.25, -0.2) is 4.79 Å². The van der Waals surface area contributed by atoms with E-state index in [1.165, 1.54) is 7.11 Å². The van der Waals surface area contributed by atoms with Crippen LogP contribution in [-0.4, -0.2) is 48.7 Å². The van der Waals surface area contributed by atoms with Crippen LogP contribution in [0.15, 0.2) is 0 Å². The van der Waals surface area contributed by atoms with Gasteiger partial charge in [0, 0.05) is 20.1 Å². The largest absolute Gasteiger partial charge is 0.480 e. The van der Waals surface area contributed by atoms with Crippen LogP contribution >= 0.6 is 0 Å². The first-order valence-electron chi connectivity index (χ1n) is 5.86. The van der Waals surface area contributed by atoms with Crippen molar-refractivity contribution in [2.75, 3.05) is 13.7 Å². The second-order valence-corrected chi connectivity index (χ2v) is 4.19. The maximum absolute atomic E-state index is 11.7. The van der Waals surface area contributed by atoms with Gasteiger partial charge >= 0.3 is 5.97 Å². The average molecular weight is 258 g/mol. The zero-order valence-electron chi connectivity index (χ0n) is 10.3. The van der Waals surface area contributed by atoms with Gasteiger partial charge in [0.05, 0.1) is 0 Å². The summed E-state index contributed by atoms with van der Waals surface area (Å²) >= 11 is 0. The molecule has 0 aromatic heterocycles. The van der Waals surface area contributed by atoms with Crippen LogP contribution in [0.3, 0.4) is 0 Å².